The smallest absolute Gasteiger partial charge is 0.246 e. The third-order valence-electron chi connectivity index (χ3n) is 8.29. The molecule has 5 aromatic rings. The number of ether oxygens (including phenoxy) is 1. The minimum Gasteiger partial charge on any atom is -0.493 e. The van der Waals surface area contributed by atoms with E-state index in [0.717, 1.165) is 42.9 Å². The van der Waals surface area contributed by atoms with Crippen LogP contribution in [-0.4, -0.2) is 78.9 Å². The molecule has 42 heavy (non-hydrogen) atoms. The Kier molecular flexibility index (Phi) is 6.54. The third-order valence-corrected chi connectivity index (χ3v) is 8.29. The summed E-state index contributed by atoms with van der Waals surface area (Å²) in [6.45, 7) is 5.86. The van der Waals surface area contributed by atoms with Crippen LogP contribution in [0.4, 0.5) is 4.39 Å². The molecule has 2 aliphatic rings. The van der Waals surface area contributed by atoms with Crippen molar-refractivity contribution >= 4 is 17.1 Å². The Hall–Kier alpha value is -4.83. The molecule has 7 rings (SSSR count). The molecule has 2 aliphatic heterocycles. The van der Waals surface area contributed by atoms with Gasteiger partial charge >= 0.3 is 0 Å². The van der Waals surface area contributed by atoms with E-state index in [4.69, 9.17) is 14.7 Å². The minimum absolute atomic E-state index is 0.0465. The molecule has 5 heterocycles. The van der Waals surface area contributed by atoms with Gasteiger partial charge in [-0.25, -0.2) is 19.0 Å². The topological polar surface area (TPSA) is 81.3 Å². The molecule has 212 valence electrons. The molecule has 0 N–H and O–H groups in total. The molecule has 1 atom stereocenters. The fourth-order valence-electron chi connectivity index (χ4n) is 5.86. The van der Waals surface area contributed by atoms with Gasteiger partial charge in [0.25, 0.3) is 0 Å². The number of hydrogen-bond donors (Lipinski definition) is 0. The summed E-state index contributed by atoms with van der Waals surface area (Å²) in [7, 11) is 1.83. The molecular formula is C32H30FN7O2. The van der Waals surface area contributed by atoms with Crippen LogP contribution in [0.5, 0.6) is 5.75 Å². The van der Waals surface area contributed by atoms with Gasteiger partial charge in [-0.1, -0.05) is 24.8 Å². The van der Waals surface area contributed by atoms with E-state index in [1.54, 1.807) is 34.0 Å². The number of likely N-dealkylation sites (tertiary alicyclic amines) is 1. The lowest BCUT2D eigenvalue weighted by Gasteiger charge is -2.47. The van der Waals surface area contributed by atoms with Gasteiger partial charge in [-0.3, -0.25) is 14.3 Å². The fraction of sp³-hybridized carbons (Fsp3) is 0.250. The van der Waals surface area contributed by atoms with Gasteiger partial charge in [-0.2, -0.15) is 5.10 Å². The Morgan fingerprint density at radius 2 is 1.98 bits per heavy atom. The van der Waals surface area contributed by atoms with E-state index in [9.17, 15) is 4.79 Å². The fourth-order valence-corrected chi connectivity index (χ4v) is 5.86. The van der Waals surface area contributed by atoms with Gasteiger partial charge in [0, 0.05) is 44.6 Å². The minimum atomic E-state index is -0.358. The lowest BCUT2D eigenvalue weighted by Crippen LogP contribution is -2.62. The molecule has 10 heteroatoms. The average molecular weight is 564 g/mol. The van der Waals surface area contributed by atoms with Gasteiger partial charge in [-0.05, 0) is 60.9 Å². The number of likely N-dealkylation sites (N-methyl/N-ethyl adjacent to an activating group) is 1. The van der Waals surface area contributed by atoms with Crippen LogP contribution >= 0.6 is 0 Å². The van der Waals surface area contributed by atoms with E-state index in [-0.39, 0.29) is 17.8 Å². The number of carbonyl (C=O) groups is 1. The lowest BCUT2D eigenvalue weighted by molar-refractivity contribution is -0.130. The Balaban J connectivity index is 1.24. The van der Waals surface area contributed by atoms with Crippen LogP contribution in [0.15, 0.2) is 85.7 Å². The molecule has 0 bridgehead atoms. The van der Waals surface area contributed by atoms with E-state index in [0.29, 0.717) is 41.0 Å². The SMILES string of the molecule is C=CC(=O)N(C)C1CN(C2CCOc3cc(-n4c(-c5ccccc5F)nc5ccc(-n6cccn6)nc54)ccc3C2)C1. The molecule has 0 spiro atoms. The summed E-state index contributed by atoms with van der Waals surface area (Å²) in [6, 6.07) is 18.8. The second-order valence-corrected chi connectivity index (χ2v) is 10.8. The van der Waals surface area contributed by atoms with Gasteiger partial charge in [0.05, 0.1) is 23.9 Å². The molecule has 9 nitrogen and oxygen atoms in total. The van der Waals surface area contributed by atoms with E-state index >= 15 is 4.39 Å². The van der Waals surface area contributed by atoms with Crippen LogP contribution in [-0.2, 0) is 11.2 Å². The number of carbonyl (C=O) groups excluding carboxylic acids is 1. The van der Waals surface area contributed by atoms with Gasteiger partial charge in [-0.15, -0.1) is 0 Å². The summed E-state index contributed by atoms with van der Waals surface area (Å²) in [6.07, 6.45) is 6.62. The first-order valence-electron chi connectivity index (χ1n) is 14.0. The molecule has 1 amide bonds. The summed E-state index contributed by atoms with van der Waals surface area (Å²) in [5.41, 5.74) is 3.53. The largest absolute Gasteiger partial charge is 0.493 e. The predicted octanol–water partition coefficient (Wildman–Crippen LogP) is 4.43. The van der Waals surface area contributed by atoms with Crippen LogP contribution in [0.1, 0.15) is 12.0 Å². The molecule has 3 aromatic heterocycles. The van der Waals surface area contributed by atoms with Crippen LogP contribution in [0, 0.1) is 5.82 Å². The highest BCUT2D eigenvalue weighted by Crippen LogP contribution is 2.35. The van der Waals surface area contributed by atoms with Gasteiger partial charge < -0.3 is 9.64 Å². The predicted molar refractivity (Wildman–Crippen MR) is 157 cm³/mol. The quantitative estimate of drug-likeness (QED) is 0.284. The first kappa shape index (κ1) is 26.1. The van der Waals surface area contributed by atoms with Crippen molar-refractivity contribution in [3.8, 4) is 28.6 Å². The lowest BCUT2D eigenvalue weighted by atomic mass is 9.96. The van der Waals surface area contributed by atoms with Gasteiger partial charge in [0.15, 0.2) is 11.5 Å². The van der Waals surface area contributed by atoms with E-state index in [2.05, 4.69) is 22.6 Å². The number of fused-ring (bicyclic) bond motifs is 2. The molecule has 1 saturated heterocycles. The number of hydrogen-bond acceptors (Lipinski definition) is 6. The second-order valence-electron chi connectivity index (χ2n) is 10.8. The number of amides is 1. The maximum Gasteiger partial charge on any atom is 0.246 e. The summed E-state index contributed by atoms with van der Waals surface area (Å²) in [4.78, 5) is 25.9. The van der Waals surface area contributed by atoms with Crippen molar-refractivity contribution in [1.29, 1.82) is 0 Å². The number of rotatable bonds is 6. The van der Waals surface area contributed by atoms with Gasteiger partial charge in [0.1, 0.15) is 22.9 Å². The highest BCUT2D eigenvalue weighted by atomic mass is 19.1. The number of nitrogens with zero attached hydrogens (tertiary/aromatic N) is 7. The van der Waals surface area contributed by atoms with E-state index in [1.807, 2.05) is 48.1 Å². The number of benzene rings is 2. The zero-order valence-corrected chi connectivity index (χ0v) is 23.2. The zero-order chi connectivity index (χ0) is 28.8. The summed E-state index contributed by atoms with van der Waals surface area (Å²) < 4.78 is 24.9. The molecule has 0 radical (unpaired) electrons. The Morgan fingerprint density at radius 3 is 2.76 bits per heavy atom. The molecule has 1 fully saturated rings. The first-order valence-corrected chi connectivity index (χ1v) is 14.0. The van der Waals surface area contributed by atoms with Crippen molar-refractivity contribution in [1.82, 2.24) is 34.1 Å². The van der Waals surface area contributed by atoms with Gasteiger partial charge in [0.2, 0.25) is 5.91 Å². The molecule has 1 unspecified atom stereocenters. The maximum absolute atomic E-state index is 15.1. The number of imidazole rings is 1. The highest BCUT2D eigenvalue weighted by Gasteiger charge is 2.37. The van der Waals surface area contributed by atoms with Crippen molar-refractivity contribution < 1.29 is 13.9 Å². The maximum atomic E-state index is 15.1. The molecule has 0 aliphatic carbocycles. The molecule has 2 aromatic carbocycles. The Morgan fingerprint density at radius 1 is 1.12 bits per heavy atom. The van der Waals surface area contributed by atoms with Crippen LogP contribution in [0.3, 0.4) is 0 Å². The first-order chi connectivity index (χ1) is 20.5. The average Bonchev–Trinajstić information content (AvgIpc) is 3.60. The number of pyridine rings is 1. The number of aromatic nitrogens is 5. The monoisotopic (exact) mass is 563 g/mol. The third kappa shape index (κ3) is 4.53. The van der Waals surface area contributed by atoms with E-state index < -0.39 is 0 Å². The summed E-state index contributed by atoms with van der Waals surface area (Å²) >= 11 is 0. The summed E-state index contributed by atoms with van der Waals surface area (Å²) in [5, 5.41) is 4.32. The highest BCUT2D eigenvalue weighted by molar-refractivity contribution is 5.87. The van der Waals surface area contributed by atoms with Crippen molar-refractivity contribution in [3.05, 3.63) is 97.1 Å². The standard InChI is InChI=1S/C32H30FN7O2/c1-3-30(41)37(2)24-19-38(20-24)22-13-16-42-28-18-23(10-9-21(28)17-22)40-31(25-7-4-5-8-26(25)33)35-27-11-12-29(36-32(27)40)39-15-6-14-34-39/h3-12,14-15,18,22,24H,1,13,16-17,19-20H2,2H3. The van der Waals surface area contributed by atoms with Crippen molar-refractivity contribution in [2.24, 2.45) is 0 Å². The second kappa shape index (κ2) is 10.5. The summed E-state index contributed by atoms with van der Waals surface area (Å²) in [5.74, 6) is 1.49. The van der Waals surface area contributed by atoms with Crippen molar-refractivity contribution in [2.45, 2.75) is 24.9 Å². The van der Waals surface area contributed by atoms with Crippen molar-refractivity contribution in [2.75, 3.05) is 26.7 Å². The number of halogens is 1. The molecule has 0 saturated carbocycles. The van der Waals surface area contributed by atoms with Crippen LogP contribution < -0.4 is 4.74 Å². The van der Waals surface area contributed by atoms with Crippen LogP contribution in [0.2, 0.25) is 0 Å². The van der Waals surface area contributed by atoms with Crippen molar-refractivity contribution in [3.63, 3.8) is 0 Å². The Bertz CT molecular complexity index is 1790. The van der Waals surface area contributed by atoms with Crippen LogP contribution in [0.25, 0.3) is 34.1 Å². The Labute approximate surface area is 242 Å². The zero-order valence-electron chi connectivity index (χ0n) is 23.2. The molecular weight excluding hydrogens is 533 g/mol. The van der Waals surface area contributed by atoms with E-state index in [1.165, 1.54) is 12.1 Å². The normalized spacial score (nSPS) is 17.2.